The van der Waals surface area contributed by atoms with Gasteiger partial charge in [-0.1, -0.05) is 19.3 Å². The topological polar surface area (TPSA) is 9.23 Å². The average molecular weight is 116 g/mol. The highest BCUT2D eigenvalue weighted by molar-refractivity contribution is 4.50. The Bertz CT molecular complexity index is 28.6. The highest BCUT2D eigenvalue weighted by Gasteiger charge is 1.95. The maximum absolute atomic E-state index is 4.83. The summed E-state index contributed by atoms with van der Waals surface area (Å²) in [5, 5.41) is 0. The second-order valence-electron chi connectivity index (χ2n) is 1.84. The van der Waals surface area contributed by atoms with Crippen LogP contribution in [-0.4, -0.2) is 13.2 Å². The van der Waals surface area contributed by atoms with Gasteiger partial charge >= 0.3 is 0 Å². The molecule has 1 saturated carbocycles. The van der Waals surface area contributed by atoms with Crippen LogP contribution in [-0.2, 0) is 4.74 Å². The molecule has 0 unspecified atom stereocenters. The van der Waals surface area contributed by atoms with E-state index < -0.39 is 0 Å². The first-order valence-electron chi connectivity index (χ1n) is 3.49. The van der Waals surface area contributed by atoms with Gasteiger partial charge < -0.3 is 4.74 Å². The first kappa shape index (κ1) is 7.96. The molecule has 0 saturated heterocycles. The van der Waals surface area contributed by atoms with E-state index in [1.807, 2.05) is 13.8 Å². The van der Waals surface area contributed by atoms with Crippen LogP contribution < -0.4 is 0 Å². The Balaban J connectivity index is 0.000000135. The molecule has 0 atom stereocenters. The lowest BCUT2D eigenvalue weighted by Gasteiger charge is -1.86. The quantitative estimate of drug-likeness (QED) is 0.537. The zero-order valence-corrected chi connectivity index (χ0v) is 5.94. The van der Waals surface area contributed by atoms with Gasteiger partial charge in [0.15, 0.2) is 0 Å². The summed E-state index contributed by atoms with van der Waals surface area (Å²) in [5.74, 6) is 0. The molecule has 0 aromatic carbocycles. The molecule has 1 rings (SSSR count). The third-order valence-corrected chi connectivity index (χ3v) is 0.762. The van der Waals surface area contributed by atoms with Crippen molar-refractivity contribution in [2.24, 2.45) is 0 Å². The maximum atomic E-state index is 4.83. The van der Waals surface area contributed by atoms with E-state index in [1.54, 1.807) is 0 Å². The van der Waals surface area contributed by atoms with Gasteiger partial charge in [0.05, 0.1) is 0 Å². The largest absolute Gasteiger partial charge is 0.382 e. The van der Waals surface area contributed by atoms with Gasteiger partial charge in [-0.05, 0) is 13.8 Å². The minimum atomic E-state index is 0.844. The molecular weight excluding hydrogens is 100 g/mol. The fourth-order valence-corrected chi connectivity index (χ4v) is 0.204. The molecule has 1 nitrogen and oxygen atoms in total. The van der Waals surface area contributed by atoms with Crippen LogP contribution in [0.3, 0.4) is 0 Å². The van der Waals surface area contributed by atoms with Crippen LogP contribution in [0.4, 0.5) is 0 Å². The molecule has 0 bridgehead atoms. The maximum Gasteiger partial charge on any atom is 0.0437 e. The van der Waals surface area contributed by atoms with E-state index in [4.69, 9.17) is 4.74 Å². The summed E-state index contributed by atoms with van der Waals surface area (Å²) in [6.45, 7) is 5.67. The smallest absolute Gasteiger partial charge is 0.0437 e. The molecule has 0 amide bonds. The fraction of sp³-hybridized carbons (Fsp3) is 1.00. The van der Waals surface area contributed by atoms with Crippen molar-refractivity contribution in [1.29, 1.82) is 0 Å². The van der Waals surface area contributed by atoms with Crippen LogP contribution in [0.2, 0.25) is 0 Å². The molecule has 1 aliphatic rings. The third-order valence-electron chi connectivity index (χ3n) is 0.762. The highest BCUT2D eigenvalue weighted by Crippen LogP contribution is 2.14. The molecule has 1 aliphatic carbocycles. The predicted octanol–water partition coefficient (Wildman–Crippen LogP) is 2.21. The van der Waals surface area contributed by atoms with Crippen molar-refractivity contribution in [3.63, 3.8) is 0 Å². The summed E-state index contributed by atoms with van der Waals surface area (Å²) in [6, 6.07) is 0. The van der Waals surface area contributed by atoms with E-state index in [0.717, 1.165) is 13.2 Å². The Morgan fingerprint density at radius 1 is 1.00 bits per heavy atom. The Morgan fingerprint density at radius 3 is 1.38 bits per heavy atom. The normalized spacial score (nSPS) is 14.2. The van der Waals surface area contributed by atoms with Gasteiger partial charge in [0.25, 0.3) is 0 Å². The van der Waals surface area contributed by atoms with Crippen LogP contribution in [0, 0.1) is 0 Å². The standard InChI is InChI=1S/C4H10O.C3H6/c1-3-5-4-2;1-2-3-1/h3-4H2,1-2H3;1-3H2. The van der Waals surface area contributed by atoms with Gasteiger partial charge in [-0.3, -0.25) is 0 Å². The van der Waals surface area contributed by atoms with Crippen molar-refractivity contribution in [2.75, 3.05) is 13.2 Å². The SMILES string of the molecule is C1CC1.CCOCC. The molecule has 0 aromatic rings. The van der Waals surface area contributed by atoms with Crippen molar-refractivity contribution in [3.8, 4) is 0 Å². The summed E-state index contributed by atoms with van der Waals surface area (Å²) in [4.78, 5) is 0. The molecule has 1 heteroatoms. The third kappa shape index (κ3) is 16.7. The number of rotatable bonds is 2. The number of hydrogen-bond acceptors (Lipinski definition) is 1. The molecule has 50 valence electrons. The van der Waals surface area contributed by atoms with E-state index in [9.17, 15) is 0 Å². The van der Waals surface area contributed by atoms with Crippen molar-refractivity contribution < 1.29 is 4.74 Å². The first-order valence-corrected chi connectivity index (χ1v) is 3.49. The lowest BCUT2D eigenvalue weighted by atomic mass is 10.8. The van der Waals surface area contributed by atoms with Crippen LogP contribution in [0.5, 0.6) is 0 Å². The average Bonchev–Trinajstić information content (AvgIpc) is 2.50. The zero-order valence-electron chi connectivity index (χ0n) is 5.94. The monoisotopic (exact) mass is 116 g/mol. The zero-order chi connectivity index (χ0) is 6.24. The van der Waals surface area contributed by atoms with Gasteiger partial charge in [-0.15, -0.1) is 0 Å². The van der Waals surface area contributed by atoms with E-state index in [-0.39, 0.29) is 0 Å². The van der Waals surface area contributed by atoms with Gasteiger partial charge in [0.1, 0.15) is 0 Å². The van der Waals surface area contributed by atoms with Crippen molar-refractivity contribution in [1.82, 2.24) is 0 Å². The van der Waals surface area contributed by atoms with E-state index >= 15 is 0 Å². The molecule has 0 heterocycles. The minimum absolute atomic E-state index is 0.844. The Hall–Kier alpha value is -0.0400. The molecule has 0 aromatic heterocycles. The van der Waals surface area contributed by atoms with Gasteiger partial charge in [-0.2, -0.15) is 0 Å². The predicted molar refractivity (Wildman–Crippen MR) is 36.0 cm³/mol. The summed E-state index contributed by atoms with van der Waals surface area (Å²) < 4.78 is 4.83. The van der Waals surface area contributed by atoms with Crippen molar-refractivity contribution in [2.45, 2.75) is 33.1 Å². The fourth-order valence-electron chi connectivity index (χ4n) is 0.204. The minimum Gasteiger partial charge on any atom is -0.382 e. The van der Waals surface area contributed by atoms with Gasteiger partial charge in [0, 0.05) is 13.2 Å². The Labute approximate surface area is 52.0 Å². The van der Waals surface area contributed by atoms with Crippen LogP contribution in [0.25, 0.3) is 0 Å². The van der Waals surface area contributed by atoms with E-state index in [0.29, 0.717) is 0 Å². The first-order chi connectivity index (χ1) is 3.91. The lowest BCUT2D eigenvalue weighted by Crippen LogP contribution is -1.84. The molecule has 1 fully saturated rings. The van der Waals surface area contributed by atoms with Crippen LogP contribution in [0.15, 0.2) is 0 Å². The highest BCUT2D eigenvalue weighted by atomic mass is 16.5. The van der Waals surface area contributed by atoms with Crippen LogP contribution >= 0.6 is 0 Å². The Kier molecular flexibility index (Phi) is 6.93. The lowest BCUT2D eigenvalue weighted by molar-refractivity contribution is 0.162. The molecular formula is C7H16O. The number of ether oxygens (including phenoxy) is 1. The van der Waals surface area contributed by atoms with E-state index in [1.165, 1.54) is 19.3 Å². The van der Waals surface area contributed by atoms with Crippen molar-refractivity contribution in [3.05, 3.63) is 0 Å². The molecule has 0 N–H and O–H groups in total. The summed E-state index contributed by atoms with van der Waals surface area (Å²) in [6.07, 6.45) is 4.50. The Morgan fingerprint density at radius 2 is 1.38 bits per heavy atom. The second kappa shape index (κ2) is 6.96. The summed E-state index contributed by atoms with van der Waals surface area (Å²) in [5.41, 5.74) is 0. The molecule has 0 radical (unpaired) electrons. The molecule has 0 spiro atoms. The van der Waals surface area contributed by atoms with Gasteiger partial charge in [-0.25, -0.2) is 0 Å². The number of hydrogen-bond donors (Lipinski definition) is 0. The van der Waals surface area contributed by atoms with Crippen LogP contribution in [0.1, 0.15) is 33.1 Å². The molecule has 8 heavy (non-hydrogen) atoms. The summed E-state index contributed by atoms with van der Waals surface area (Å²) in [7, 11) is 0. The summed E-state index contributed by atoms with van der Waals surface area (Å²) >= 11 is 0. The molecule has 0 aliphatic heterocycles. The van der Waals surface area contributed by atoms with E-state index in [2.05, 4.69) is 0 Å². The van der Waals surface area contributed by atoms with Crippen molar-refractivity contribution >= 4 is 0 Å². The van der Waals surface area contributed by atoms with Gasteiger partial charge in [0.2, 0.25) is 0 Å². The second-order valence-corrected chi connectivity index (χ2v) is 1.84.